The highest BCUT2D eigenvalue weighted by Gasteiger charge is 2.34. The minimum atomic E-state index is -0.372. The third-order valence-electron chi connectivity index (χ3n) is 4.64. The van der Waals surface area contributed by atoms with Crippen LogP contribution in [-0.4, -0.2) is 35.2 Å². The van der Waals surface area contributed by atoms with Crippen LogP contribution in [0.3, 0.4) is 0 Å². The number of amides is 2. The Labute approximate surface area is 139 Å². The lowest BCUT2D eigenvalue weighted by Crippen LogP contribution is -2.44. The smallest absolute Gasteiger partial charge is 0.318 e. The number of hydrogen-bond donors (Lipinski definition) is 2. The third kappa shape index (κ3) is 4.28. The van der Waals surface area contributed by atoms with Crippen molar-refractivity contribution < 1.29 is 14.3 Å². The van der Waals surface area contributed by atoms with E-state index in [0.717, 1.165) is 24.4 Å². The summed E-state index contributed by atoms with van der Waals surface area (Å²) in [4.78, 5) is 14.4. The summed E-state index contributed by atoms with van der Waals surface area (Å²) in [6, 6.07) is 3.67. The number of rotatable bonds is 4. The fourth-order valence-electron chi connectivity index (χ4n) is 3.03. The van der Waals surface area contributed by atoms with Crippen molar-refractivity contribution in [2.75, 3.05) is 13.1 Å². The Morgan fingerprint density at radius 1 is 1.48 bits per heavy atom. The first kappa shape index (κ1) is 17.9. The van der Waals surface area contributed by atoms with Gasteiger partial charge in [0, 0.05) is 25.4 Å². The zero-order chi connectivity index (χ0) is 17.2. The van der Waals surface area contributed by atoms with Gasteiger partial charge in [0.15, 0.2) is 0 Å². The molecule has 0 saturated carbocycles. The molecule has 5 nitrogen and oxygen atoms in total. The predicted octanol–water partition coefficient (Wildman–Crippen LogP) is 3.34. The first-order valence-corrected chi connectivity index (χ1v) is 8.54. The van der Waals surface area contributed by atoms with Crippen molar-refractivity contribution in [1.29, 1.82) is 0 Å². The second-order valence-corrected chi connectivity index (χ2v) is 7.64. The molecule has 1 saturated heterocycles. The molecule has 23 heavy (non-hydrogen) atoms. The Balaban J connectivity index is 2.08. The zero-order valence-electron chi connectivity index (χ0n) is 14.9. The molecule has 0 aliphatic carbocycles. The highest BCUT2D eigenvalue weighted by Crippen LogP contribution is 2.34. The topological polar surface area (TPSA) is 65.7 Å². The number of hydrogen-bond acceptors (Lipinski definition) is 3. The Morgan fingerprint density at radius 3 is 2.65 bits per heavy atom. The van der Waals surface area contributed by atoms with Gasteiger partial charge >= 0.3 is 6.03 Å². The summed E-state index contributed by atoms with van der Waals surface area (Å²) < 4.78 is 5.87. The molecule has 1 aliphatic heterocycles. The highest BCUT2D eigenvalue weighted by atomic mass is 16.3. The lowest BCUT2D eigenvalue weighted by Gasteiger charge is -2.31. The van der Waals surface area contributed by atoms with Gasteiger partial charge in [-0.05, 0) is 30.9 Å². The first-order valence-electron chi connectivity index (χ1n) is 8.54. The number of aryl methyl sites for hydroxylation is 1. The van der Waals surface area contributed by atoms with Gasteiger partial charge in [-0.25, -0.2) is 4.79 Å². The van der Waals surface area contributed by atoms with Gasteiger partial charge in [0.1, 0.15) is 11.5 Å². The lowest BCUT2D eigenvalue weighted by atomic mass is 9.85. The Hall–Kier alpha value is -1.49. The molecule has 1 aromatic heterocycles. The molecule has 2 heterocycles. The summed E-state index contributed by atoms with van der Waals surface area (Å²) in [6.45, 7) is 11.4. The average Bonchev–Trinajstić information content (AvgIpc) is 3.12. The molecular formula is C18H30N2O3. The quantitative estimate of drug-likeness (QED) is 0.893. The van der Waals surface area contributed by atoms with E-state index in [0.29, 0.717) is 13.1 Å². The summed E-state index contributed by atoms with van der Waals surface area (Å²) in [5, 5.41) is 12.8. The van der Waals surface area contributed by atoms with Crippen LogP contribution in [0.4, 0.5) is 4.79 Å². The molecule has 130 valence electrons. The molecule has 0 aromatic carbocycles. The van der Waals surface area contributed by atoms with E-state index in [1.807, 2.05) is 19.1 Å². The number of aliphatic hydroxyl groups is 1. The van der Waals surface area contributed by atoms with Crippen LogP contribution in [0.15, 0.2) is 16.5 Å². The lowest BCUT2D eigenvalue weighted by molar-refractivity contribution is 0.127. The van der Waals surface area contributed by atoms with Crippen LogP contribution >= 0.6 is 0 Å². The normalized spacial score (nSPS) is 21.3. The van der Waals surface area contributed by atoms with Crippen LogP contribution in [0, 0.1) is 11.3 Å². The number of urea groups is 1. The monoisotopic (exact) mass is 322 g/mol. The van der Waals surface area contributed by atoms with Crippen LogP contribution in [0.2, 0.25) is 0 Å². The fraction of sp³-hybridized carbons (Fsp3) is 0.722. The van der Waals surface area contributed by atoms with Gasteiger partial charge in [-0.2, -0.15) is 0 Å². The molecule has 0 radical (unpaired) electrons. The van der Waals surface area contributed by atoms with Gasteiger partial charge in [-0.3, -0.25) is 0 Å². The van der Waals surface area contributed by atoms with E-state index >= 15 is 0 Å². The maximum Gasteiger partial charge on any atom is 0.318 e. The standard InChI is InChI=1S/C18H30N2O3/c1-6-14-7-8-15(23-14)16(18(3,4)5)19-17(22)20-10-9-13(11-20)12(2)21/h7-8,12-13,16,21H,6,9-11H2,1-5H3,(H,19,22)/t12-,13-,16+/m1/s1. The van der Waals surface area contributed by atoms with Crippen molar-refractivity contribution >= 4 is 6.03 Å². The molecule has 0 bridgehead atoms. The minimum Gasteiger partial charge on any atom is -0.464 e. The van der Waals surface area contributed by atoms with E-state index in [1.165, 1.54) is 0 Å². The molecule has 2 amide bonds. The van der Waals surface area contributed by atoms with Gasteiger partial charge in [0.25, 0.3) is 0 Å². The van der Waals surface area contributed by atoms with Crippen molar-refractivity contribution in [2.45, 2.75) is 59.6 Å². The molecular weight excluding hydrogens is 292 g/mol. The SMILES string of the molecule is CCc1ccc([C@H](NC(=O)N2CC[C@@H]([C@@H](C)O)C2)C(C)(C)C)o1. The molecule has 1 fully saturated rings. The number of nitrogens with zero attached hydrogens (tertiary/aromatic N) is 1. The fourth-order valence-corrected chi connectivity index (χ4v) is 3.03. The van der Waals surface area contributed by atoms with Crippen LogP contribution in [0.5, 0.6) is 0 Å². The molecule has 0 unspecified atom stereocenters. The van der Waals surface area contributed by atoms with Crippen LogP contribution < -0.4 is 5.32 Å². The average molecular weight is 322 g/mol. The van der Waals surface area contributed by atoms with Crippen LogP contribution in [0.25, 0.3) is 0 Å². The van der Waals surface area contributed by atoms with E-state index in [4.69, 9.17) is 4.42 Å². The summed E-state index contributed by atoms with van der Waals surface area (Å²) in [5.74, 6) is 1.90. The second-order valence-electron chi connectivity index (χ2n) is 7.64. The zero-order valence-corrected chi connectivity index (χ0v) is 14.9. The molecule has 3 atom stereocenters. The Morgan fingerprint density at radius 2 is 2.17 bits per heavy atom. The summed E-state index contributed by atoms with van der Waals surface area (Å²) in [7, 11) is 0. The number of aliphatic hydroxyl groups excluding tert-OH is 1. The van der Waals surface area contributed by atoms with Gasteiger partial charge in [-0.15, -0.1) is 0 Å². The maximum atomic E-state index is 12.6. The van der Waals surface area contributed by atoms with E-state index in [-0.39, 0.29) is 29.5 Å². The molecule has 1 aliphatic rings. The third-order valence-corrected chi connectivity index (χ3v) is 4.64. The van der Waals surface area contributed by atoms with Crippen molar-refractivity contribution in [3.05, 3.63) is 23.7 Å². The van der Waals surface area contributed by atoms with E-state index in [1.54, 1.807) is 11.8 Å². The molecule has 2 N–H and O–H groups in total. The van der Waals surface area contributed by atoms with E-state index < -0.39 is 0 Å². The minimum absolute atomic E-state index is 0.0810. The van der Waals surface area contributed by atoms with Gasteiger partial charge in [0.2, 0.25) is 0 Å². The number of likely N-dealkylation sites (tertiary alicyclic amines) is 1. The van der Waals surface area contributed by atoms with Crippen molar-refractivity contribution in [1.82, 2.24) is 10.2 Å². The number of furan rings is 1. The van der Waals surface area contributed by atoms with E-state index in [9.17, 15) is 9.90 Å². The largest absolute Gasteiger partial charge is 0.464 e. The summed E-state index contributed by atoms with van der Waals surface area (Å²) in [6.07, 6.45) is 1.32. The van der Waals surface area contributed by atoms with Gasteiger partial charge < -0.3 is 19.7 Å². The Kier molecular flexibility index (Phi) is 5.40. The molecule has 1 aromatic rings. The van der Waals surface area contributed by atoms with Gasteiger partial charge in [-0.1, -0.05) is 27.7 Å². The summed E-state index contributed by atoms with van der Waals surface area (Å²) >= 11 is 0. The van der Waals surface area contributed by atoms with Gasteiger partial charge in [0.05, 0.1) is 12.1 Å². The number of carbonyl (C=O) groups is 1. The first-order chi connectivity index (χ1) is 10.7. The second kappa shape index (κ2) is 6.95. The molecule has 5 heteroatoms. The predicted molar refractivity (Wildman–Crippen MR) is 90.2 cm³/mol. The van der Waals surface area contributed by atoms with E-state index in [2.05, 4.69) is 26.1 Å². The maximum absolute atomic E-state index is 12.6. The van der Waals surface area contributed by atoms with Crippen LogP contribution in [0.1, 0.15) is 58.6 Å². The van der Waals surface area contributed by atoms with Crippen molar-refractivity contribution in [2.24, 2.45) is 11.3 Å². The number of carbonyl (C=O) groups excluding carboxylic acids is 1. The number of nitrogens with one attached hydrogen (secondary N) is 1. The Bertz CT molecular complexity index is 531. The highest BCUT2D eigenvalue weighted by molar-refractivity contribution is 5.75. The molecule has 0 spiro atoms. The summed E-state index contributed by atoms with van der Waals surface area (Å²) in [5.41, 5.74) is -0.151. The molecule has 2 rings (SSSR count). The van der Waals surface area contributed by atoms with Crippen molar-refractivity contribution in [3.8, 4) is 0 Å². The van der Waals surface area contributed by atoms with Crippen molar-refractivity contribution in [3.63, 3.8) is 0 Å². The van der Waals surface area contributed by atoms with Crippen LogP contribution in [-0.2, 0) is 6.42 Å².